The molecule has 2 heterocycles. The molecule has 1 aromatic carbocycles. The van der Waals surface area contributed by atoms with Crippen LogP contribution in [0.4, 0.5) is 0 Å². The van der Waals surface area contributed by atoms with Crippen molar-refractivity contribution in [3.8, 4) is 0 Å². The first-order valence-corrected chi connectivity index (χ1v) is 9.65. The van der Waals surface area contributed by atoms with Crippen LogP contribution in [0.15, 0.2) is 24.3 Å². The van der Waals surface area contributed by atoms with Gasteiger partial charge >= 0.3 is 0 Å². The zero-order chi connectivity index (χ0) is 18.5. The third-order valence-corrected chi connectivity index (χ3v) is 5.42. The fraction of sp³-hybridized carbons (Fsp3) is 0.526. The fourth-order valence-electron chi connectivity index (χ4n) is 3.84. The number of fused-ring (bicyclic) bond motifs is 1. The number of hydrogen-bond donors (Lipinski definition) is 2. The van der Waals surface area contributed by atoms with Gasteiger partial charge in [0.15, 0.2) is 0 Å². The first-order chi connectivity index (χ1) is 12.6. The quantitative estimate of drug-likeness (QED) is 0.766. The highest BCUT2D eigenvalue weighted by molar-refractivity contribution is 6.27. The van der Waals surface area contributed by atoms with Crippen LogP contribution in [0.5, 0.6) is 0 Å². The predicted molar refractivity (Wildman–Crippen MR) is 99.2 cm³/mol. The van der Waals surface area contributed by atoms with Crippen LogP contribution < -0.4 is 10.6 Å². The molecule has 1 aromatic rings. The summed E-state index contributed by atoms with van der Waals surface area (Å²) in [5, 5.41) is 5.60. The second kappa shape index (κ2) is 8.54. The van der Waals surface area contributed by atoms with Crippen LogP contribution in [0.3, 0.4) is 0 Å². The van der Waals surface area contributed by atoms with Crippen LogP contribution in [0.2, 0.25) is 0 Å². The van der Waals surface area contributed by atoms with Gasteiger partial charge < -0.3 is 15.5 Å². The first-order valence-electron chi connectivity index (χ1n) is 9.12. The molecule has 26 heavy (non-hydrogen) atoms. The van der Waals surface area contributed by atoms with Crippen molar-refractivity contribution in [2.45, 2.75) is 37.6 Å². The Morgan fingerprint density at radius 3 is 2.88 bits per heavy atom. The van der Waals surface area contributed by atoms with Crippen molar-refractivity contribution in [1.82, 2.24) is 15.5 Å². The third kappa shape index (κ3) is 4.01. The molecule has 0 aliphatic carbocycles. The topological polar surface area (TPSA) is 78.5 Å². The standard InChI is InChI=1S/C19H24ClN3O3/c20-11-17(24)21-9-8-13-5-3-4-10-23(13)19(26)16-12-22-18(25)15-7-2-1-6-14(15)16/h1-2,6-7,13,16H,3-5,8-12H2,(H,21,24)(H,22,25). The molecule has 6 nitrogen and oxygen atoms in total. The Kier molecular flexibility index (Phi) is 6.14. The SMILES string of the molecule is O=C(CCl)NCCC1CCCCN1C(=O)C1CNC(=O)c2ccccc21. The molecule has 140 valence electrons. The average molecular weight is 378 g/mol. The summed E-state index contributed by atoms with van der Waals surface area (Å²) in [6.45, 7) is 1.57. The molecule has 0 spiro atoms. The average Bonchev–Trinajstić information content (AvgIpc) is 2.68. The number of rotatable bonds is 5. The van der Waals surface area contributed by atoms with Crippen molar-refractivity contribution in [3.05, 3.63) is 35.4 Å². The van der Waals surface area contributed by atoms with Gasteiger partial charge in [0.25, 0.3) is 5.91 Å². The Morgan fingerprint density at radius 1 is 1.27 bits per heavy atom. The predicted octanol–water partition coefficient (Wildman–Crippen LogP) is 1.64. The van der Waals surface area contributed by atoms with Crippen LogP contribution >= 0.6 is 11.6 Å². The van der Waals surface area contributed by atoms with Crippen LogP contribution in [-0.4, -0.2) is 54.2 Å². The van der Waals surface area contributed by atoms with E-state index in [1.165, 1.54) is 0 Å². The van der Waals surface area contributed by atoms with Gasteiger partial charge in [-0.3, -0.25) is 14.4 Å². The number of likely N-dealkylation sites (tertiary alicyclic amines) is 1. The fourth-order valence-corrected chi connectivity index (χ4v) is 3.94. The first kappa shape index (κ1) is 18.7. The minimum Gasteiger partial charge on any atom is -0.355 e. The van der Waals surface area contributed by atoms with Gasteiger partial charge in [-0.05, 0) is 37.3 Å². The van der Waals surface area contributed by atoms with Crippen molar-refractivity contribution in [1.29, 1.82) is 0 Å². The molecular formula is C19H24ClN3O3. The second-order valence-corrected chi connectivity index (χ2v) is 7.07. The number of nitrogens with one attached hydrogen (secondary N) is 2. The van der Waals surface area contributed by atoms with Gasteiger partial charge in [-0.25, -0.2) is 0 Å². The van der Waals surface area contributed by atoms with Gasteiger partial charge in [-0.2, -0.15) is 0 Å². The molecule has 3 amide bonds. The van der Waals surface area contributed by atoms with E-state index >= 15 is 0 Å². The minimum absolute atomic E-state index is 0.0497. The summed E-state index contributed by atoms with van der Waals surface area (Å²) in [4.78, 5) is 38.6. The van der Waals surface area contributed by atoms with E-state index in [1.807, 2.05) is 23.1 Å². The monoisotopic (exact) mass is 377 g/mol. The second-order valence-electron chi connectivity index (χ2n) is 6.80. The molecule has 1 fully saturated rings. The van der Waals surface area contributed by atoms with E-state index in [0.29, 0.717) is 18.7 Å². The molecule has 0 bridgehead atoms. The lowest BCUT2D eigenvalue weighted by Crippen LogP contribution is -2.50. The summed E-state index contributed by atoms with van der Waals surface area (Å²) in [5.74, 6) is -0.646. The number of benzene rings is 1. The number of carbonyl (C=O) groups excluding carboxylic acids is 3. The van der Waals surface area contributed by atoms with Crippen molar-refractivity contribution in [2.24, 2.45) is 0 Å². The van der Waals surface area contributed by atoms with Crippen molar-refractivity contribution in [3.63, 3.8) is 0 Å². The van der Waals surface area contributed by atoms with Crippen LogP contribution in [-0.2, 0) is 9.59 Å². The molecule has 2 atom stereocenters. The number of piperidine rings is 1. The van der Waals surface area contributed by atoms with E-state index < -0.39 is 0 Å². The number of carbonyl (C=O) groups is 3. The van der Waals surface area contributed by atoms with E-state index in [4.69, 9.17) is 11.6 Å². The molecule has 0 aromatic heterocycles. The van der Waals surface area contributed by atoms with Gasteiger partial charge in [-0.15, -0.1) is 11.6 Å². The normalized spacial score (nSPS) is 22.3. The molecule has 3 rings (SSSR count). The number of alkyl halides is 1. The maximum atomic E-state index is 13.3. The highest BCUT2D eigenvalue weighted by atomic mass is 35.5. The number of nitrogens with zero attached hydrogens (tertiary/aromatic N) is 1. The Balaban J connectivity index is 1.72. The Labute approximate surface area is 158 Å². The zero-order valence-corrected chi connectivity index (χ0v) is 15.4. The molecule has 1 saturated heterocycles. The summed E-state index contributed by atoms with van der Waals surface area (Å²) in [5.41, 5.74) is 1.39. The van der Waals surface area contributed by atoms with E-state index in [0.717, 1.165) is 37.8 Å². The zero-order valence-electron chi connectivity index (χ0n) is 14.7. The number of hydrogen-bond acceptors (Lipinski definition) is 3. The lowest BCUT2D eigenvalue weighted by atomic mass is 9.87. The maximum absolute atomic E-state index is 13.3. The Morgan fingerprint density at radius 2 is 2.08 bits per heavy atom. The van der Waals surface area contributed by atoms with Gasteiger partial charge in [0, 0.05) is 31.2 Å². The van der Waals surface area contributed by atoms with Gasteiger partial charge in [0.05, 0.1) is 5.92 Å². The highest BCUT2D eigenvalue weighted by Gasteiger charge is 2.36. The lowest BCUT2D eigenvalue weighted by Gasteiger charge is -2.39. The number of halogens is 1. The molecule has 0 saturated carbocycles. The molecule has 2 unspecified atom stereocenters. The van der Waals surface area contributed by atoms with Crippen molar-refractivity contribution in [2.75, 3.05) is 25.5 Å². The molecule has 7 heteroatoms. The van der Waals surface area contributed by atoms with Gasteiger partial charge in [0.2, 0.25) is 11.8 Å². The molecular weight excluding hydrogens is 354 g/mol. The van der Waals surface area contributed by atoms with E-state index in [-0.39, 0.29) is 35.6 Å². The van der Waals surface area contributed by atoms with E-state index in [9.17, 15) is 14.4 Å². The van der Waals surface area contributed by atoms with E-state index in [2.05, 4.69) is 10.6 Å². The summed E-state index contributed by atoms with van der Waals surface area (Å²) in [6.07, 6.45) is 3.71. The Bertz CT molecular complexity index is 694. The molecule has 2 N–H and O–H groups in total. The molecule has 0 radical (unpaired) electrons. The van der Waals surface area contributed by atoms with Gasteiger partial charge in [0.1, 0.15) is 5.88 Å². The summed E-state index contributed by atoms with van der Waals surface area (Å²) in [6, 6.07) is 7.42. The highest BCUT2D eigenvalue weighted by Crippen LogP contribution is 2.29. The van der Waals surface area contributed by atoms with Gasteiger partial charge in [-0.1, -0.05) is 18.2 Å². The summed E-state index contributed by atoms with van der Waals surface area (Å²) < 4.78 is 0. The smallest absolute Gasteiger partial charge is 0.251 e. The summed E-state index contributed by atoms with van der Waals surface area (Å²) >= 11 is 5.50. The Hall–Kier alpha value is -2.08. The lowest BCUT2D eigenvalue weighted by molar-refractivity contribution is -0.136. The van der Waals surface area contributed by atoms with Crippen molar-refractivity contribution < 1.29 is 14.4 Å². The summed E-state index contributed by atoms with van der Waals surface area (Å²) in [7, 11) is 0. The van der Waals surface area contributed by atoms with Crippen molar-refractivity contribution >= 4 is 29.3 Å². The maximum Gasteiger partial charge on any atom is 0.251 e. The molecule has 2 aliphatic rings. The van der Waals surface area contributed by atoms with Crippen LogP contribution in [0.1, 0.15) is 47.5 Å². The minimum atomic E-state index is -0.345. The largest absolute Gasteiger partial charge is 0.355 e. The van der Waals surface area contributed by atoms with E-state index in [1.54, 1.807) is 6.07 Å². The third-order valence-electron chi connectivity index (χ3n) is 5.18. The van der Waals surface area contributed by atoms with Crippen LogP contribution in [0, 0.1) is 0 Å². The van der Waals surface area contributed by atoms with Crippen LogP contribution in [0.25, 0.3) is 0 Å². The molecule has 2 aliphatic heterocycles. The number of amides is 3.